The lowest BCUT2D eigenvalue weighted by Crippen LogP contribution is -2.09. The molecule has 108 valence electrons. The zero-order chi connectivity index (χ0) is 14.5. The second-order valence-electron chi connectivity index (χ2n) is 4.80. The van der Waals surface area contributed by atoms with Crippen molar-refractivity contribution in [2.45, 2.75) is 26.4 Å². The van der Waals surface area contributed by atoms with Gasteiger partial charge in [0.05, 0.1) is 42.3 Å². The van der Waals surface area contributed by atoms with E-state index >= 15 is 0 Å². The molecule has 0 aliphatic rings. The van der Waals surface area contributed by atoms with Gasteiger partial charge in [0.2, 0.25) is 0 Å². The number of aryl methyl sites for hydroxylation is 1. The van der Waals surface area contributed by atoms with E-state index < -0.39 is 0 Å². The number of rotatable bonds is 6. The summed E-state index contributed by atoms with van der Waals surface area (Å²) in [6.45, 7) is 3.88. The quantitative estimate of drug-likeness (QED) is 0.754. The van der Waals surface area contributed by atoms with Crippen LogP contribution in [0.25, 0.3) is 5.69 Å². The molecule has 3 rings (SSSR count). The second-order valence-corrected chi connectivity index (χ2v) is 4.80. The molecule has 0 saturated heterocycles. The van der Waals surface area contributed by atoms with Gasteiger partial charge in [-0.3, -0.25) is 0 Å². The summed E-state index contributed by atoms with van der Waals surface area (Å²) in [5.41, 5.74) is 3.18. The number of nitrogens with one attached hydrogen (secondary N) is 1. The van der Waals surface area contributed by atoms with E-state index in [9.17, 15) is 0 Å². The Labute approximate surface area is 123 Å². The predicted molar refractivity (Wildman–Crippen MR) is 81.2 cm³/mol. The average Bonchev–Trinajstić information content (AvgIpc) is 3.17. The van der Waals surface area contributed by atoms with E-state index in [1.54, 1.807) is 10.9 Å². The fourth-order valence-corrected chi connectivity index (χ4v) is 2.28. The third-order valence-electron chi connectivity index (χ3n) is 3.30. The van der Waals surface area contributed by atoms with E-state index in [4.69, 9.17) is 0 Å². The summed E-state index contributed by atoms with van der Waals surface area (Å²) in [5, 5.41) is 11.4. The zero-order valence-corrected chi connectivity index (χ0v) is 12.0. The van der Waals surface area contributed by atoms with Crippen molar-refractivity contribution in [2.75, 3.05) is 5.32 Å². The van der Waals surface area contributed by atoms with Crippen LogP contribution in [0, 0.1) is 0 Å². The number of hydrogen-bond donors (Lipinski definition) is 1. The van der Waals surface area contributed by atoms with Gasteiger partial charge in [-0.25, -0.2) is 9.67 Å². The highest BCUT2D eigenvalue weighted by Gasteiger charge is 2.06. The summed E-state index contributed by atoms with van der Waals surface area (Å²) in [7, 11) is 0. The number of anilines is 1. The Morgan fingerprint density at radius 2 is 2.14 bits per heavy atom. The molecule has 0 radical (unpaired) electrons. The first-order valence-corrected chi connectivity index (χ1v) is 7.07. The Hall–Kier alpha value is -2.63. The summed E-state index contributed by atoms with van der Waals surface area (Å²) in [5.74, 6) is 0. The van der Waals surface area contributed by atoms with Crippen LogP contribution in [-0.4, -0.2) is 24.5 Å². The minimum atomic E-state index is 0.728. The first-order chi connectivity index (χ1) is 10.4. The van der Waals surface area contributed by atoms with Gasteiger partial charge in [0.25, 0.3) is 0 Å². The van der Waals surface area contributed by atoms with Gasteiger partial charge in [0.1, 0.15) is 0 Å². The molecular weight excluding hydrogens is 264 g/mol. The van der Waals surface area contributed by atoms with E-state index in [-0.39, 0.29) is 0 Å². The third kappa shape index (κ3) is 2.94. The summed E-state index contributed by atoms with van der Waals surface area (Å²) < 4.78 is 3.93. The molecule has 1 aromatic carbocycles. The van der Waals surface area contributed by atoms with Gasteiger partial charge >= 0.3 is 0 Å². The highest BCUT2D eigenvalue weighted by Crippen LogP contribution is 2.19. The third-order valence-corrected chi connectivity index (χ3v) is 3.30. The Balaban J connectivity index is 1.78. The number of para-hydroxylation sites is 2. The number of aromatic nitrogens is 5. The molecule has 0 aliphatic carbocycles. The van der Waals surface area contributed by atoms with Crippen LogP contribution in [0.5, 0.6) is 0 Å². The second kappa shape index (κ2) is 6.21. The smallest absolute Gasteiger partial charge is 0.0948 e. The van der Waals surface area contributed by atoms with E-state index in [0.717, 1.165) is 30.9 Å². The molecule has 6 heteroatoms. The Kier molecular flexibility index (Phi) is 3.95. The van der Waals surface area contributed by atoms with Crippen molar-refractivity contribution in [2.24, 2.45) is 0 Å². The molecule has 0 bridgehead atoms. The van der Waals surface area contributed by atoms with Gasteiger partial charge in [0, 0.05) is 12.7 Å². The van der Waals surface area contributed by atoms with E-state index in [2.05, 4.69) is 32.1 Å². The van der Waals surface area contributed by atoms with Gasteiger partial charge in [0.15, 0.2) is 0 Å². The molecule has 0 saturated carbocycles. The summed E-state index contributed by atoms with van der Waals surface area (Å²) >= 11 is 0. The lowest BCUT2D eigenvalue weighted by Gasteiger charge is -2.12. The molecular formula is C15H18N6. The van der Waals surface area contributed by atoms with Crippen molar-refractivity contribution < 1.29 is 0 Å². The minimum Gasteiger partial charge on any atom is -0.378 e. The summed E-state index contributed by atoms with van der Waals surface area (Å²) in [6, 6.07) is 8.05. The van der Waals surface area contributed by atoms with E-state index in [1.807, 2.05) is 43.0 Å². The van der Waals surface area contributed by atoms with Crippen LogP contribution in [0.2, 0.25) is 0 Å². The highest BCUT2D eigenvalue weighted by atomic mass is 15.4. The van der Waals surface area contributed by atoms with Gasteiger partial charge in [-0.1, -0.05) is 24.3 Å². The van der Waals surface area contributed by atoms with Gasteiger partial charge in [-0.15, -0.1) is 5.10 Å². The van der Waals surface area contributed by atoms with Crippen LogP contribution >= 0.6 is 0 Å². The molecule has 0 fully saturated rings. The first-order valence-electron chi connectivity index (χ1n) is 7.07. The normalized spacial score (nSPS) is 10.7. The minimum absolute atomic E-state index is 0.728. The van der Waals surface area contributed by atoms with Crippen LogP contribution in [0.4, 0.5) is 5.69 Å². The maximum atomic E-state index is 4.22. The number of imidazole rings is 1. The molecule has 21 heavy (non-hydrogen) atoms. The van der Waals surface area contributed by atoms with Crippen LogP contribution in [0.3, 0.4) is 0 Å². The highest BCUT2D eigenvalue weighted by molar-refractivity contribution is 5.60. The Morgan fingerprint density at radius 3 is 2.95 bits per heavy atom. The lowest BCUT2D eigenvalue weighted by atomic mass is 10.2. The molecule has 0 unspecified atom stereocenters. The molecule has 2 aromatic heterocycles. The Morgan fingerprint density at radius 1 is 1.24 bits per heavy atom. The van der Waals surface area contributed by atoms with Crippen LogP contribution in [-0.2, 0) is 13.1 Å². The van der Waals surface area contributed by atoms with Crippen LogP contribution < -0.4 is 5.32 Å². The molecule has 3 aromatic rings. The number of nitrogens with zero attached hydrogens (tertiary/aromatic N) is 5. The monoisotopic (exact) mass is 282 g/mol. The molecule has 0 amide bonds. The molecule has 0 spiro atoms. The summed E-state index contributed by atoms with van der Waals surface area (Å²) in [6.07, 6.45) is 8.39. The van der Waals surface area contributed by atoms with Gasteiger partial charge < -0.3 is 9.88 Å². The lowest BCUT2D eigenvalue weighted by molar-refractivity contribution is 0.651. The van der Waals surface area contributed by atoms with Crippen molar-refractivity contribution in [1.82, 2.24) is 24.5 Å². The SMILES string of the molecule is CCCn1cncc1CNc1ccccc1-n1ccnn1. The van der Waals surface area contributed by atoms with Crippen molar-refractivity contribution in [1.29, 1.82) is 0 Å². The van der Waals surface area contributed by atoms with Crippen molar-refractivity contribution in [3.63, 3.8) is 0 Å². The van der Waals surface area contributed by atoms with Crippen molar-refractivity contribution >= 4 is 5.69 Å². The fraction of sp³-hybridized carbons (Fsp3) is 0.267. The fourth-order valence-electron chi connectivity index (χ4n) is 2.28. The average molecular weight is 282 g/mol. The van der Waals surface area contributed by atoms with E-state index in [1.165, 1.54) is 5.69 Å². The number of hydrogen-bond acceptors (Lipinski definition) is 4. The van der Waals surface area contributed by atoms with Crippen molar-refractivity contribution in [3.05, 3.63) is 54.9 Å². The van der Waals surface area contributed by atoms with Gasteiger partial charge in [-0.2, -0.15) is 0 Å². The molecule has 0 aliphatic heterocycles. The van der Waals surface area contributed by atoms with Gasteiger partial charge in [-0.05, 0) is 18.6 Å². The van der Waals surface area contributed by atoms with Crippen molar-refractivity contribution in [3.8, 4) is 5.69 Å². The topological polar surface area (TPSA) is 60.6 Å². The summed E-state index contributed by atoms with van der Waals surface area (Å²) in [4.78, 5) is 4.22. The maximum absolute atomic E-state index is 4.22. The number of benzene rings is 1. The predicted octanol–water partition coefficient (Wildman–Crippen LogP) is 2.49. The van der Waals surface area contributed by atoms with Crippen LogP contribution in [0.1, 0.15) is 19.0 Å². The van der Waals surface area contributed by atoms with E-state index in [0.29, 0.717) is 0 Å². The molecule has 1 N–H and O–H groups in total. The Bertz CT molecular complexity index is 686. The zero-order valence-electron chi connectivity index (χ0n) is 12.0. The molecule has 2 heterocycles. The maximum Gasteiger partial charge on any atom is 0.0948 e. The van der Waals surface area contributed by atoms with Crippen LogP contribution in [0.15, 0.2) is 49.2 Å². The standard InChI is InChI=1S/C15H18N6/c1-2-8-20-12-16-10-13(20)11-17-14-5-3-4-6-15(14)21-9-7-18-19-21/h3-7,9-10,12,17H,2,8,11H2,1H3. The first kappa shape index (κ1) is 13.4. The largest absolute Gasteiger partial charge is 0.378 e. The molecule has 0 atom stereocenters. The molecule has 6 nitrogen and oxygen atoms in total.